The van der Waals surface area contributed by atoms with Crippen LogP contribution in [0.4, 0.5) is 5.69 Å². The number of oxazole rings is 1. The van der Waals surface area contributed by atoms with Crippen LogP contribution in [0, 0.1) is 0 Å². The van der Waals surface area contributed by atoms with Gasteiger partial charge in [0.1, 0.15) is 11.3 Å². The molecule has 3 heterocycles. The highest BCUT2D eigenvalue weighted by molar-refractivity contribution is 5.95. The van der Waals surface area contributed by atoms with E-state index in [9.17, 15) is 4.79 Å². The van der Waals surface area contributed by atoms with Crippen molar-refractivity contribution in [2.45, 2.75) is 12.9 Å². The molecule has 7 nitrogen and oxygen atoms in total. The van der Waals surface area contributed by atoms with Gasteiger partial charge in [-0.3, -0.25) is 9.78 Å². The third-order valence-electron chi connectivity index (χ3n) is 4.39. The quantitative estimate of drug-likeness (QED) is 0.588. The minimum Gasteiger partial charge on any atom is -0.455 e. The van der Waals surface area contributed by atoms with Crippen LogP contribution in [-0.4, -0.2) is 22.2 Å². The average molecular weight is 373 g/mol. The Labute approximate surface area is 159 Å². The summed E-state index contributed by atoms with van der Waals surface area (Å²) >= 11 is 0. The molecule has 0 bridgehead atoms. The number of carbonyl (C=O) groups excluding carboxylic acids is 1. The van der Waals surface area contributed by atoms with Gasteiger partial charge in [0, 0.05) is 29.2 Å². The van der Waals surface area contributed by atoms with Gasteiger partial charge in [-0.25, -0.2) is 4.98 Å². The second kappa shape index (κ2) is 6.79. The number of anilines is 1. The number of nitrogens with one attached hydrogen (secondary N) is 1. The van der Waals surface area contributed by atoms with Crippen molar-refractivity contribution in [3.05, 3.63) is 72.6 Å². The topological polar surface area (TPSA) is 86.5 Å². The Bertz CT molecular complexity index is 1160. The summed E-state index contributed by atoms with van der Waals surface area (Å²) in [7, 11) is 0. The Kier molecular flexibility index (Phi) is 3.99. The van der Waals surface area contributed by atoms with Gasteiger partial charge in [0.15, 0.2) is 5.58 Å². The second-order valence-electron chi connectivity index (χ2n) is 6.30. The summed E-state index contributed by atoms with van der Waals surface area (Å²) in [5.74, 6) is 0.769. The summed E-state index contributed by atoms with van der Waals surface area (Å²) in [5, 5.41) is 2.80. The highest BCUT2D eigenvalue weighted by atomic mass is 16.7. The molecule has 2 aromatic carbocycles. The molecule has 28 heavy (non-hydrogen) atoms. The Morgan fingerprint density at radius 3 is 2.82 bits per heavy atom. The number of nitrogens with zero attached hydrogens (tertiary/aromatic N) is 2. The smallest absolute Gasteiger partial charge is 0.294 e. The molecule has 1 N–H and O–H groups in total. The van der Waals surface area contributed by atoms with Crippen molar-refractivity contribution in [1.82, 2.24) is 9.97 Å². The Morgan fingerprint density at radius 2 is 1.93 bits per heavy atom. The second-order valence-corrected chi connectivity index (χ2v) is 6.30. The van der Waals surface area contributed by atoms with Gasteiger partial charge in [-0.1, -0.05) is 18.2 Å². The third kappa shape index (κ3) is 3.08. The summed E-state index contributed by atoms with van der Waals surface area (Å²) in [6.45, 7) is 0.325. The number of amides is 1. The Morgan fingerprint density at radius 1 is 1.07 bits per heavy atom. The minimum atomic E-state index is -1.00. The van der Waals surface area contributed by atoms with E-state index in [2.05, 4.69) is 15.3 Å². The van der Waals surface area contributed by atoms with Crippen LogP contribution in [0.5, 0.6) is 5.75 Å². The lowest BCUT2D eigenvalue weighted by molar-refractivity contribution is -0.154. The van der Waals surface area contributed by atoms with E-state index in [1.54, 1.807) is 30.6 Å². The number of para-hydroxylation sites is 1. The fraction of sp³-hybridized carbons (Fsp3) is 0.0952. The first-order valence-electron chi connectivity index (χ1n) is 8.74. The van der Waals surface area contributed by atoms with Crippen molar-refractivity contribution in [3.8, 4) is 17.2 Å². The van der Waals surface area contributed by atoms with Gasteiger partial charge in [-0.2, -0.15) is 0 Å². The molecule has 4 aromatic rings. The van der Waals surface area contributed by atoms with E-state index >= 15 is 0 Å². The fourth-order valence-corrected chi connectivity index (χ4v) is 3.01. The zero-order chi connectivity index (χ0) is 18.9. The molecule has 0 fully saturated rings. The molecule has 1 atom stereocenters. The molecule has 0 radical (unpaired) electrons. The number of ether oxygens (including phenoxy) is 2. The van der Waals surface area contributed by atoms with E-state index in [0.29, 0.717) is 35.0 Å². The first kappa shape index (κ1) is 16.5. The van der Waals surface area contributed by atoms with Crippen LogP contribution >= 0.6 is 0 Å². The largest absolute Gasteiger partial charge is 0.455 e. The van der Waals surface area contributed by atoms with E-state index < -0.39 is 6.29 Å². The molecule has 0 spiro atoms. The summed E-state index contributed by atoms with van der Waals surface area (Å²) in [6, 6.07) is 16.4. The molecular weight excluding hydrogens is 358 g/mol. The van der Waals surface area contributed by atoms with Crippen LogP contribution < -0.4 is 10.1 Å². The lowest BCUT2D eigenvalue weighted by atomic mass is 10.2. The molecule has 138 valence electrons. The standard InChI is InChI=1S/C21H15N3O4/c25-19(21-26-12-14-3-1-2-4-17(14)28-21)23-15-5-6-18-16(11-15)24-20(27-18)13-7-9-22-10-8-13/h1-11,21H,12H2,(H,23,25). The highest BCUT2D eigenvalue weighted by Crippen LogP contribution is 2.28. The molecule has 5 rings (SSSR count). The fourth-order valence-electron chi connectivity index (χ4n) is 3.01. The van der Waals surface area contributed by atoms with Gasteiger partial charge in [-0.15, -0.1) is 0 Å². The van der Waals surface area contributed by atoms with Crippen LogP contribution in [0.3, 0.4) is 0 Å². The zero-order valence-corrected chi connectivity index (χ0v) is 14.7. The summed E-state index contributed by atoms with van der Waals surface area (Å²) < 4.78 is 16.9. The molecule has 0 saturated heterocycles. The number of aromatic nitrogens is 2. The maximum Gasteiger partial charge on any atom is 0.294 e. The highest BCUT2D eigenvalue weighted by Gasteiger charge is 2.27. The monoisotopic (exact) mass is 373 g/mol. The van der Waals surface area contributed by atoms with E-state index in [4.69, 9.17) is 13.9 Å². The van der Waals surface area contributed by atoms with Crippen molar-refractivity contribution in [1.29, 1.82) is 0 Å². The maximum atomic E-state index is 12.5. The van der Waals surface area contributed by atoms with Crippen LogP contribution in [0.15, 0.2) is 71.4 Å². The summed E-state index contributed by atoms with van der Waals surface area (Å²) in [5.41, 5.74) is 3.60. The molecule has 0 saturated carbocycles. The van der Waals surface area contributed by atoms with Gasteiger partial charge in [0.25, 0.3) is 12.2 Å². The third-order valence-corrected chi connectivity index (χ3v) is 4.39. The number of rotatable bonds is 3. The van der Waals surface area contributed by atoms with Crippen LogP contribution in [0.25, 0.3) is 22.6 Å². The number of hydrogen-bond acceptors (Lipinski definition) is 6. The summed E-state index contributed by atoms with van der Waals surface area (Å²) in [6.07, 6.45) is 2.35. The lowest BCUT2D eigenvalue weighted by Gasteiger charge is -2.25. The molecule has 1 aliphatic rings. The maximum absolute atomic E-state index is 12.5. The lowest BCUT2D eigenvalue weighted by Crippen LogP contribution is -2.37. The van der Waals surface area contributed by atoms with Crippen molar-refractivity contribution in [3.63, 3.8) is 0 Å². The normalized spacial score (nSPS) is 15.6. The van der Waals surface area contributed by atoms with Gasteiger partial charge >= 0.3 is 0 Å². The van der Waals surface area contributed by atoms with Crippen molar-refractivity contribution < 1.29 is 18.7 Å². The van der Waals surface area contributed by atoms with Gasteiger partial charge < -0.3 is 19.2 Å². The first-order chi connectivity index (χ1) is 13.8. The van der Waals surface area contributed by atoms with E-state index in [1.807, 2.05) is 36.4 Å². The van der Waals surface area contributed by atoms with Crippen LogP contribution in [0.2, 0.25) is 0 Å². The minimum absolute atomic E-state index is 0.325. The van der Waals surface area contributed by atoms with Crippen LogP contribution in [-0.2, 0) is 16.1 Å². The van der Waals surface area contributed by atoms with Gasteiger partial charge in [-0.05, 0) is 36.4 Å². The van der Waals surface area contributed by atoms with E-state index in [0.717, 1.165) is 11.1 Å². The predicted octanol–water partition coefficient (Wildman–Crippen LogP) is 3.76. The van der Waals surface area contributed by atoms with Crippen LogP contribution in [0.1, 0.15) is 5.56 Å². The molecule has 1 unspecified atom stereocenters. The van der Waals surface area contributed by atoms with E-state index in [-0.39, 0.29) is 5.91 Å². The number of pyridine rings is 1. The van der Waals surface area contributed by atoms with E-state index in [1.165, 1.54) is 0 Å². The molecule has 1 amide bonds. The van der Waals surface area contributed by atoms with Crippen molar-refractivity contribution in [2.75, 3.05) is 5.32 Å². The molecule has 2 aromatic heterocycles. The zero-order valence-electron chi connectivity index (χ0n) is 14.7. The molecule has 1 aliphatic heterocycles. The number of carbonyl (C=O) groups is 1. The first-order valence-corrected chi connectivity index (χ1v) is 8.74. The average Bonchev–Trinajstić information content (AvgIpc) is 3.17. The molecule has 7 heteroatoms. The Balaban J connectivity index is 1.35. The Hall–Kier alpha value is -3.71. The van der Waals surface area contributed by atoms with Gasteiger partial charge in [0.2, 0.25) is 5.89 Å². The van der Waals surface area contributed by atoms with Crippen molar-refractivity contribution >= 4 is 22.7 Å². The van der Waals surface area contributed by atoms with Crippen molar-refractivity contribution in [2.24, 2.45) is 0 Å². The molecule has 0 aliphatic carbocycles. The predicted molar refractivity (Wildman–Crippen MR) is 102 cm³/mol. The van der Waals surface area contributed by atoms with Gasteiger partial charge in [0.05, 0.1) is 6.61 Å². The summed E-state index contributed by atoms with van der Waals surface area (Å²) in [4.78, 5) is 21.0. The SMILES string of the molecule is O=C(Nc1ccc2oc(-c3ccncc3)nc2c1)C1OCc2ccccc2O1. The number of fused-ring (bicyclic) bond motifs is 2. The molecular formula is C21H15N3O4. The number of benzene rings is 2. The number of hydrogen-bond donors (Lipinski definition) is 1.